The van der Waals surface area contributed by atoms with Gasteiger partial charge in [-0.05, 0) is 18.9 Å². The summed E-state index contributed by atoms with van der Waals surface area (Å²) in [6, 6.07) is 1.82. The van der Waals surface area contributed by atoms with E-state index in [0.717, 1.165) is 0 Å². The molecule has 0 saturated heterocycles. The summed E-state index contributed by atoms with van der Waals surface area (Å²) >= 11 is 0. The Labute approximate surface area is 82.5 Å². The molecule has 2 rings (SSSR count). The Bertz CT molecular complexity index is 347. The minimum Gasteiger partial charge on any atom is -0.383 e. The maximum atomic E-state index is 11.1. The third-order valence-corrected chi connectivity index (χ3v) is 2.83. The standard InChI is InChI=1S/C10H14N2O2/c1-12-7-4-9(11-12)10(14)5-2-8(13)3-6-10/h4,7,14H,2-3,5-6H2,1H3. The van der Waals surface area contributed by atoms with Crippen LogP contribution in [0.2, 0.25) is 0 Å². The fourth-order valence-electron chi connectivity index (χ4n) is 1.86. The maximum Gasteiger partial charge on any atom is 0.133 e. The molecule has 4 nitrogen and oxygen atoms in total. The van der Waals surface area contributed by atoms with Crippen LogP contribution in [-0.4, -0.2) is 20.7 Å². The molecular formula is C10H14N2O2. The molecule has 1 aliphatic rings. The number of hydrogen-bond acceptors (Lipinski definition) is 3. The lowest BCUT2D eigenvalue weighted by molar-refractivity contribution is -0.125. The Kier molecular flexibility index (Phi) is 2.15. The Morgan fingerprint density at radius 2 is 2.14 bits per heavy atom. The third kappa shape index (κ3) is 1.57. The van der Waals surface area contributed by atoms with E-state index in [0.29, 0.717) is 31.4 Å². The number of hydrogen-bond donors (Lipinski definition) is 1. The van der Waals surface area contributed by atoms with Crippen molar-refractivity contribution in [2.75, 3.05) is 0 Å². The van der Waals surface area contributed by atoms with Crippen molar-refractivity contribution in [2.45, 2.75) is 31.3 Å². The van der Waals surface area contributed by atoms with E-state index in [1.165, 1.54) is 0 Å². The van der Waals surface area contributed by atoms with Crippen molar-refractivity contribution >= 4 is 5.78 Å². The summed E-state index contributed by atoms with van der Waals surface area (Å²) in [7, 11) is 1.82. The lowest BCUT2D eigenvalue weighted by Gasteiger charge is -2.29. The number of aryl methyl sites for hydroxylation is 1. The highest BCUT2D eigenvalue weighted by molar-refractivity contribution is 5.79. The molecule has 4 heteroatoms. The fraction of sp³-hybridized carbons (Fsp3) is 0.600. The average molecular weight is 194 g/mol. The first-order valence-corrected chi connectivity index (χ1v) is 4.84. The van der Waals surface area contributed by atoms with Crippen molar-refractivity contribution in [3.05, 3.63) is 18.0 Å². The molecule has 1 N–H and O–H groups in total. The van der Waals surface area contributed by atoms with E-state index in [9.17, 15) is 9.90 Å². The van der Waals surface area contributed by atoms with Gasteiger partial charge in [-0.15, -0.1) is 0 Å². The highest BCUT2D eigenvalue weighted by atomic mass is 16.3. The van der Waals surface area contributed by atoms with Gasteiger partial charge in [0.25, 0.3) is 0 Å². The topological polar surface area (TPSA) is 55.1 Å². The SMILES string of the molecule is Cn1ccc(C2(O)CCC(=O)CC2)n1. The first-order valence-electron chi connectivity index (χ1n) is 4.84. The number of nitrogens with zero attached hydrogens (tertiary/aromatic N) is 2. The molecule has 1 saturated carbocycles. The molecule has 0 aliphatic heterocycles. The van der Waals surface area contributed by atoms with Crippen LogP contribution in [0.5, 0.6) is 0 Å². The Hall–Kier alpha value is -1.16. The highest BCUT2D eigenvalue weighted by Crippen LogP contribution is 2.34. The second kappa shape index (κ2) is 3.20. The Morgan fingerprint density at radius 1 is 1.50 bits per heavy atom. The molecule has 0 amide bonds. The predicted octanol–water partition coefficient (Wildman–Crippen LogP) is 0.751. The molecule has 0 spiro atoms. The second-order valence-electron chi connectivity index (χ2n) is 3.94. The van der Waals surface area contributed by atoms with E-state index >= 15 is 0 Å². The van der Waals surface area contributed by atoms with Crippen molar-refractivity contribution in [1.29, 1.82) is 0 Å². The number of ketones is 1. The van der Waals surface area contributed by atoms with Gasteiger partial charge < -0.3 is 5.11 Å². The summed E-state index contributed by atoms with van der Waals surface area (Å²) in [5.74, 6) is 0.241. The van der Waals surface area contributed by atoms with E-state index < -0.39 is 5.60 Å². The molecule has 1 fully saturated rings. The molecule has 76 valence electrons. The van der Waals surface area contributed by atoms with Crippen LogP contribution in [0.4, 0.5) is 0 Å². The van der Waals surface area contributed by atoms with Gasteiger partial charge in [0.15, 0.2) is 0 Å². The van der Waals surface area contributed by atoms with Gasteiger partial charge in [0.2, 0.25) is 0 Å². The van der Waals surface area contributed by atoms with Crippen molar-refractivity contribution in [3.8, 4) is 0 Å². The van der Waals surface area contributed by atoms with Crippen molar-refractivity contribution in [1.82, 2.24) is 9.78 Å². The van der Waals surface area contributed by atoms with Crippen molar-refractivity contribution < 1.29 is 9.90 Å². The second-order valence-corrected chi connectivity index (χ2v) is 3.94. The van der Waals surface area contributed by atoms with Gasteiger partial charge in [-0.3, -0.25) is 9.48 Å². The largest absolute Gasteiger partial charge is 0.383 e. The number of Topliss-reactive ketones (excluding diaryl/α,β-unsaturated/α-hetero) is 1. The molecule has 1 heterocycles. The Morgan fingerprint density at radius 3 is 2.64 bits per heavy atom. The van der Waals surface area contributed by atoms with E-state index in [1.807, 2.05) is 19.3 Å². The van der Waals surface area contributed by atoms with Gasteiger partial charge in [-0.2, -0.15) is 5.10 Å². The van der Waals surface area contributed by atoms with Crippen LogP contribution in [0.15, 0.2) is 12.3 Å². The lowest BCUT2D eigenvalue weighted by atomic mass is 9.82. The predicted molar refractivity (Wildman–Crippen MR) is 50.6 cm³/mol. The summed E-state index contributed by atoms with van der Waals surface area (Å²) in [5, 5.41) is 14.4. The number of aliphatic hydroxyl groups is 1. The highest BCUT2D eigenvalue weighted by Gasteiger charge is 2.35. The van der Waals surface area contributed by atoms with Crippen molar-refractivity contribution in [2.24, 2.45) is 7.05 Å². The zero-order valence-corrected chi connectivity index (χ0v) is 8.23. The van der Waals surface area contributed by atoms with Gasteiger partial charge in [0, 0.05) is 26.1 Å². The van der Waals surface area contributed by atoms with Crippen LogP contribution < -0.4 is 0 Å². The van der Waals surface area contributed by atoms with Gasteiger partial charge in [-0.1, -0.05) is 0 Å². The summed E-state index contributed by atoms with van der Waals surface area (Å²) in [4.78, 5) is 11.1. The zero-order chi connectivity index (χ0) is 10.2. The monoisotopic (exact) mass is 194 g/mol. The molecule has 1 aliphatic carbocycles. The molecule has 0 radical (unpaired) electrons. The summed E-state index contributed by atoms with van der Waals surface area (Å²) in [6.07, 6.45) is 3.75. The molecule has 1 aromatic rings. The summed E-state index contributed by atoms with van der Waals surface area (Å²) < 4.78 is 1.67. The number of carbonyl (C=O) groups is 1. The molecule has 0 atom stereocenters. The molecule has 0 unspecified atom stereocenters. The van der Waals surface area contributed by atoms with Crippen LogP contribution in [0.25, 0.3) is 0 Å². The molecule has 0 bridgehead atoms. The van der Waals surface area contributed by atoms with E-state index in [1.54, 1.807) is 4.68 Å². The lowest BCUT2D eigenvalue weighted by Crippen LogP contribution is -2.32. The zero-order valence-electron chi connectivity index (χ0n) is 8.23. The van der Waals surface area contributed by atoms with Gasteiger partial charge in [0.1, 0.15) is 11.4 Å². The Balaban J connectivity index is 2.20. The number of aromatic nitrogens is 2. The van der Waals surface area contributed by atoms with Gasteiger partial charge >= 0.3 is 0 Å². The smallest absolute Gasteiger partial charge is 0.133 e. The normalized spacial score (nSPS) is 21.1. The third-order valence-electron chi connectivity index (χ3n) is 2.83. The van der Waals surface area contributed by atoms with Gasteiger partial charge in [-0.25, -0.2) is 0 Å². The molecular weight excluding hydrogens is 180 g/mol. The van der Waals surface area contributed by atoms with Crippen LogP contribution in [-0.2, 0) is 17.4 Å². The van der Waals surface area contributed by atoms with Crippen LogP contribution in [0.3, 0.4) is 0 Å². The maximum absolute atomic E-state index is 11.1. The average Bonchev–Trinajstić information content (AvgIpc) is 2.58. The quantitative estimate of drug-likeness (QED) is 0.717. The number of carbonyl (C=O) groups excluding carboxylic acids is 1. The first kappa shape index (κ1) is 9.40. The van der Waals surface area contributed by atoms with Crippen LogP contribution >= 0.6 is 0 Å². The summed E-state index contributed by atoms with van der Waals surface area (Å²) in [5.41, 5.74) is -0.192. The van der Waals surface area contributed by atoms with E-state index in [-0.39, 0.29) is 5.78 Å². The van der Waals surface area contributed by atoms with Crippen LogP contribution in [0, 0.1) is 0 Å². The fourth-order valence-corrected chi connectivity index (χ4v) is 1.86. The summed E-state index contributed by atoms with van der Waals surface area (Å²) in [6.45, 7) is 0. The van der Waals surface area contributed by atoms with Crippen molar-refractivity contribution in [3.63, 3.8) is 0 Å². The van der Waals surface area contributed by atoms with Gasteiger partial charge in [0.05, 0.1) is 5.69 Å². The van der Waals surface area contributed by atoms with E-state index in [2.05, 4.69) is 5.10 Å². The first-order chi connectivity index (χ1) is 6.60. The number of rotatable bonds is 1. The minimum atomic E-state index is -0.880. The minimum absolute atomic E-state index is 0.241. The van der Waals surface area contributed by atoms with E-state index in [4.69, 9.17) is 0 Å². The molecule has 14 heavy (non-hydrogen) atoms. The van der Waals surface area contributed by atoms with Crippen LogP contribution in [0.1, 0.15) is 31.4 Å². The molecule has 1 aromatic heterocycles. The molecule has 0 aromatic carbocycles.